The van der Waals surface area contributed by atoms with Gasteiger partial charge < -0.3 is 14.6 Å². The first-order valence-electron chi connectivity index (χ1n) is 9.38. The molecule has 0 saturated carbocycles. The fourth-order valence-corrected chi connectivity index (χ4v) is 3.22. The molecule has 1 N–H and O–H groups in total. The van der Waals surface area contributed by atoms with Crippen LogP contribution < -0.4 is 0 Å². The van der Waals surface area contributed by atoms with Crippen molar-refractivity contribution >= 4 is 5.97 Å². The SMILES string of the molecule is CCOC(=O)/C(=C/OC(O)C(C)=C(C)C)C1CCCCc2ccccc21. The van der Waals surface area contributed by atoms with E-state index in [4.69, 9.17) is 9.47 Å². The number of rotatable bonds is 6. The average Bonchev–Trinajstić information content (AvgIpc) is 2.84. The van der Waals surface area contributed by atoms with Crippen LogP contribution in [-0.4, -0.2) is 24.0 Å². The molecule has 26 heavy (non-hydrogen) atoms. The molecule has 0 saturated heterocycles. The highest BCUT2D eigenvalue weighted by atomic mass is 16.6. The molecule has 0 heterocycles. The zero-order chi connectivity index (χ0) is 19.1. The summed E-state index contributed by atoms with van der Waals surface area (Å²) in [5, 5.41) is 10.2. The number of aliphatic hydroxyl groups excluding tert-OH is 1. The largest absolute Gasteiger partial charge is 0.468 e. The monoisotopic (exact) mass is 358 g/mol. The predicted molar refractivity (Wildman–Crippen MR) is 103 cm³/mol. The van der Waals surface area contributed by atoms with Gasteiger partial charge in [0, 0.05) is 5.92 Å². The van der Waals surface area contributed by atoms with Crippen LogP contribution in [0.5, 0.6) is 0 Å². The number of ether oxygens (including phenoxy) is 2. The van der Waals surface area contributed by atoms with Gasteiger partial charge in [0.1, 0.15) is 0 Å². The van der Waals surface area contributed by atoms with Gasteiger partial charge >= 0.3 is 5.97 Å². The minimum absolute atomic E-state index is 0.0769. The van der Waals surface area contributed by atoms with E-state index in [2.05, 4.69) is 12.1 Å². The van der Waals surface area contributed by atoms with Crippen LogP contribution in [0.2, 0.25) is 0 Å². The molecule has 0 fully saturated rings. The van der Waals surface area contributed by atoms with Gasteiger partial charge in [-0.3, -0.25) is 0 Å². The lowest BCUT2D eigenvalue weighted by atomic mass is 9.87. The third-order valence-corrected chi connectivity index (χ3v) is 4.99. The Balaban J connectivity index is 2.37. The third-order valence-electron chi connectivity index (χ3n) is 4.99. The summed E-state index contributed by atoms with van der Waals surface area (Å²) in [6.45, 7) is 7.75. The molecule has 4 nitrogen and oxygen atoms in total. The number of allylic oxidation sites excluding steroid dienone is 1. The molecule has 1 aliphatic carbocycles. The number of hydrogen-bond acceptors (Lipinski definition) is 4. The number of benzene rings is 1. The van der Waals surface area contributed by atoms with E-state index in [-0.39, 0.29) is 11.9 Å². The van der Waals surface area contributed by atoms with E-state index in [1.807, 2.05) is 32.9 Å². The first-order chi connectivity index (χ1) is 12.5. The Morgan fingerprint density at radius 2 is 2.00 bits per heavy atom. The van der Waals surface area contributed by atoms with Gasteiger partial charge in [-0.25, -0.2) is 4.79 Å². The molecule has 1 aromatic rings. The summed E-state index contributed by atoms with van der Waals surface area (Å²) < 4.78 is 10.8. The Hall–Kier alpha value is -2.07. The van der Waals surface area contributed by atoms with Crippen molar-refractivity contribution < 1.29 is 19.4 Å². The quantitative estimate of drug-likeness (QED) is 0.201. The third kappa shape index (κ3) is 4.98. The average molecular weight is 358 g/mol. The van der Waals surface area contributed by atoms with Crippen molar-refractivity contribution in [3.63, 3.8) is 0 Å². The maximum atomic E-state index is 12.6. The second kappa shape index (κ2) is 9.58. The summed E-state index contributed by atoms with van der Waals surface area (Å²) >= 11 is 0. The van der Waals surface area contributed by atoms with Crippen LogP contribution in [0.1, 0.15) is 64.0 Å². The predicted octanol–water partition coefficient (Wildman–Crippen LogP) is 4.63. The van der Waals surface area contributed by atoms with Crippen LogP contribution >= 0.6 is 0 Å². The Labute approximate surface area is 156 Å². The zero-order valence-electron chi connectivity index (χ0n) is 16.2. The molecule has 0 spiro atoms. The van der Waals surface area contributed by atoms with Crippen LogP contribution in [0.3, 0.4) is 0 Å². The van der Waals surface area contributed by atoms with Gasteiger partial charge in [0.15, 0.2) is 0 Å². The highest BCUT2D eigenvalue weighted by Gasteiger charge is 2.28. The van der Waals surface area contributed by atoms with E-state index >= 15 is 0 Å². The molecule has 4 heteroatoms. The van der Waals surface area contributed by atoms with Gasteiger partial charge in [-0.2, -0.15) is 0 Å². The molecule has 1 aromatic carbocycles. The van der Waals surface area contributed by atoms with Crippen molar-refractivity contribution in [2.45, 2.75) is 65.6 Å². The zero-order valence-corrected chi connectivity index (χ0v) is 16.2. The number of hydrogen-bond donors (Lipinski definition) is 1. The lowest BCUT2D eigenvalue weighted by Crippen LogP contribution is -2.18. The smallest absolute Gasteiger partial charge is 0.337 e. The lowest BCUT2D eigenvalue weighted by Gasteiger charge is -2.21. The first kappa shape index (κ1) is 20.2. The minimum Gasteiger partial charge on any atom is -0.468 e. The van der Waals surface area contributed by atoms with Crippen molar-refractivity contribution in [2.24, 2.45) is 0 Å². The molecule has 2 atom stereocenters. The molecule has 0 aromatic heterocycles. The van der Waals surface area contributed by atoms with Gasteiger partial charge in [-0.1, -0.05) is 36.3 Å². The van der Waals surface area contributed by atoms with Gasteiger partial charge in [0.25, 0.3) is 0 Å². The van der Waals surface area contributed by atoms with Crippen molar-refractivity contribution in [1.82, 2.24) is 0 Å². The topological polar surface area (TPSA) is 55.8 Å². The summed E-state index contributed by atoms with van der Waals surface area (Å²) in [6.07, 6.45) is 4.36. The van der Waals surface area contributed by atoms with Crippen molar-refractivity contribution in [3.05, 3.63) is 58.4 Å². The van der Waals surface area contributed by atoms with Crippen molar-refractivity contribution in [2.75, 3.05) is 6.61 Å². The van der Waals surface area contributed by atoms with E-state index < -0.39 is 6.29 Å². The molecule has 1 aliphatic rings. The maximum Gasteiger partial charge on any atom is 0.337 e. The van der Waals surface area contributed by atoms with Crippen LogP contribution in [-0.2, 0) is 20.7 Å². The Morgan fingerprint density at radius 1 is 1.27 bits per heavy atom. The number of esters is 1. The summed E-state index contributed by atoms with van der Waals surface area (Å²) in [4.78, 5) is 12.6. The van der Waals surface area contributed by atoms with Crippen molar-refractivity contribution in [3.8, 4) is 0 Å². The summed E-state index contributed by atoms with van der Waals surface area (Å²) in [5.41, 5.74) is 4.63. The molecule has 2 unspecified atom stereocenters. The molecular formula is C22H30O4. The number of aryl methyl sites for hydroxylation is 1. The van der Waals surface area contributed by atoms with E-state index in [1.54, 1.807) is 6.92 Å². The van der Waals surface area contributed by atoms with E-state index in [1.165, 1.54) is 11.8 Å². The number of aliphatic hydroxyl groups is 1. The van der Waals surface area contributed by atoms with Gasteiger partial charge in [-0.05, 0) is 63.7 Å². The molecule has 0 bridgehead atoms. The standard InChI is InChI=1S/C22H30O4/c1-5-25-22(24)20(14-26-21(23)16(4)15(2)3)19-13-9-7-11-17-10-6-8-12-18(17)19/h6,8,10,12,14,19,21,23H,5,7,9,11,13H2,1-4H3/b20-14+. The molecular weight excluding hydrogens is 328 g/mol. The number of fused-ring (bicyclic) bond motifs is 1. The molecule has 2 rings (SSSR count). The van der Waals surface area contributed by atoms with Crippen molar-refractivity contribution in [1.29, 1.82) is 0 Å². The van der Waals surface area contributed by atoms with Crippen LogP contribution in [0, 0.1) is 0 Å². The second-order valence-electron chi connectivity index (χ2n) is 6.96. The van der Waals surface area contributed by atoms with Crippen LogP contribution in [0.15, 0.2) is 47.2 Å². The Kier molecular flexibility index (Phi) is 7.46. The van der Waals surface area contributed by atoms with Crippen LogP contribution in [0.25, 0.3) is 0 Å². The van der Waals surface area contributed by atoms with E-state index in [9.17, 15) is 9.90 Å². The molecule has 142 valence electrons. The first-order valence-corrected chi connectivity index (χ1v) is 9.38. The molecule has 0 radical (unpaired) electrons. The Bertz CT molecular complexity index is 683. The fourth-order valence-electron chi connectivity index (χ4n) is 3.22. The number of carbonyl (C=O) groups is 1. The highest BCUT2D eigenvalue weighted by molar-refractivity contribution is 5.90. The van der Waals surface area contributed by atoms with E-state index in [0.29, 0.717) is 12.2 Å². The summed E-state index contributed by atoms with van der Waals surface area (Å²) in [7, 11) is 0. The number of carbonyl (C=O) groups excluding carboxylic acids is 1. The molecule has 0 amide bonds. The summed E-state index contributed by atoms with van der Waals surface area (Å²) in [5.74, 6) is -0.455. The normalized spacial score (nSPS) is 18.3. The van der Waals surface area contributed by atoms with Gasteiger partial charge in [-0.15, -0.1) is 0 Å². The lowest BCUT2D eigenvalue weighted by molar-refractivity contribution is -0.139. The molecule has 0 aliphatic heterocycles. The second-order valence-corrected chi connectivity index (χ2v) is 6.96. The van der Waals surface area contributed by atoms with Gasteiger partial charge in [0.2, 0.25) is 6.29 Å². The Morgan fingerprint density at radius 3 is 2.69 bits per heavy atom. The van der Waals surface area contributed by atoms with E-state index in [0.717, 1.165) is 42.4 Å². The highest BCUT2D eigenvalue weighted by Crippen LogP contribution is 2.36. The fraction of sp³-hybridized carbons (Fsp3) is 0.500. The maximum absolute atomic E-state index is 12.6. The minimum atomic E-state index is -1.06. The summed E-state index contributed by atoms with van der Waals surface area (Å²) in [6, 6.07) is 8.24. The van der Waals surface area contributed by atoms with Gasteiger partial charge in [0.05, 0.1) is 18.4 Å². The van der Waals surface area contributed by atoms with Crippen LogP contribution in [0.4, 0.5) is 0 Å².